The highest BCUT2D eigenvalue weighted by Crippen LogP contribution is 2.36. The Morgan fingerprint density at radius 1 is 1.53 bits per heavy atom. The largest absolute Gasteiger partial charge is 0.497 e. The highest BCUT2D eigenvalue weighted by atomic mass is 32.1. The van der Waals surface area contributed by atoms with Crippen LogP contribution in [-0.2, 0) is 0 Å². The van der Waals surface area contributed by atoms with E-state index < -0.39 is 0 Å². The Balaban J connectivity index is 2.38. The van der Waals surface area contributed by atoms with Gasteiger partial charge in [0.05, 0.1) is 12.6 Å². The van der Waals surface area contributed by atoms with E-state index >= 15 is 0 Å². The minimum absolute atomic E-state index is 0.0497. The van der Waals surface area contributed by atoms with Gasteiger partial charge in [-0.2, -0.15) is 0 Å². The predicted octanol–water partition coefficient (Wildman–Crippen LogP) is 2.86. The van der Waals surface area contributed by atoms with Crippen molar-refractivity contribution in [2.75, 3.05) is 13.7 Å². The molecule has 19 heavy (non-hydrogen) atoms. The van der Waals surface area contributed by atoms with Gasteiger partial charge in [0.1, 0.15) is 5.75 Å². The number of benzene rings is 1. The summed E-state index contributed by atoms with van der Waals surface area (Å²) in [5, 5.41) is 21.5. The fourth-order valence-electron chi connectivity index (χ4n) is 1.66. The van der Waals surface area contributed by atoms with E-state index in [1.165, 1.54) is 0 Å². The van der Waals surface area contributed by atoms with E-state index in [2.05, 4.69) is 20.5 Å². The number of aromatic amines is 1. The summed E-state index contributed by atoms with van der Waals surface area (Å²) in [5.41, 5.74) is 1.08. The molecule has 0 radical (unpaired) electrons. The van der Waals surface area contributed by atoms with Gasteiger partial charge >= 0.3 is 0 Å². The van der Waals surface area contributed by atoms with Crippen molar-refractivity contribution in [1.82, 2.24) is 10.3 Å². The maximum absolute atomic E-state index is 9.83. The van der Waals surface area contributed by atoms with Crippen LogP contribution in [0, 0.1) is 0 Å². The monoisotopic (exact) mass is 278 g/mol. The van der Waals surface area contributed by atoms with E-state index in [1.807, 2.05) is 6.92 Å². The number of rotatable bonds is 3. The number of methoxy groups -OCH3 is 1. The lowest BCUT2D eigenvalue weighted by atomic mass is 10.2. The van der Waals surface area contributed by atoms with E-state index in [0.29, 0.717) is 18.0 Å². The quantitative estimate of drug-likeness (QED) is 0.595. The van der Waals surface area contributed by atoms with Crippen molar-refractivity contribution in [1.29, 1.82) is 0 Å². The number of aromatic hydroxyl groups is 1. The van der Waals surface area contributed by atoms with Crippen LogP contribution in [0.25, 0.3) is 10.9 Å². The number of aromatic nitrogens is 1. The molecule has 0 fully saturated rings. The molecule has 2 rings (SSSR count). The average molecular weight is 278 g/mol. The molecule has 0 aliphatic rings. The number of ether oxygens (including phenoxy) is 1. The fourth-order valence-corrected chi connectivity index (χ4v) is 1.84. The summed E-state index contributed by atoms with van der Waals surface area (Å²) in [6.07, 6.45) is 0. The van der Waals surface area contributed by atoms with Crippen molar-refractivity contribution in [3.8, 4) is 11.6 Å². The lowest BCUT2D eigenvalue weighted by molar-refractivity contribution is 0.415. The number of hydrogen-bond donors (Lipinski definition) is 3. The number of H-pyrrole nitrogens is 1. The maximum atomic E-state index is 9.83. The van der Waals surface area contributed by atoms with Crippen LogP contribution in [0.4, 0.5) is 5.69 Å². The van der Waals surface area contributed by atoms with Gasteiger partial charge in [0.15, 0.2) is 5.69 Å². The molecule has 100 valence electrons. The summed E-state index contributed by atoms with van der Waals surface area (Å²) in [7, 11) is 1.58. The second-order valence-electron chi connectivity index (χ2n) is 3.77. The molecule has 1 aromatic carbocycles. The molecule has 0 saturated heterocycles. The summed E-state index contributed by atoms with van der Waals surface area (Å²) < 4.78 is 5.12. The molecule has 0 amide bonds. The maximum Gasteiger partial charge on any atom is 0.218 e. The summed E-state index contributed by atoms with van der Waals surface area (Å²) in [4.78, 5) is 2.82. The second-order valence-corrected chi connectivity index (χ2v) is 4.16. The van der Waals surface area contributed by atoms with Gasteiger partial charge in [-0.3, -0.25) is 0 Å². The molecule has 0 saturated carbocycles. The zero-order valence-electron chi connectivity index (χ0n) is 10.6. The van der Waals surface area contributed by atoms with Gasteiger partial charge in [0.2, 0.25) is 11.0 Å². The van der Waals surface area contributed by atoms with Crippen molar-refractivity contribution >= 4 is 33.9 Å². The van der Waals surface area contributed by atoms with Gasteiger partial charge in [-0.15, -0.1) is 10.2 Å². The van der Waals surface area contributed by atoms with Gasteiger partial charge in [-0.05, 0) is 31.3 Å². The van der Waals surface area contributed by atoms with Crippen molar-refractivity contribution < 1.29 is 9.84 Å². The van der Waals surface area contributed by atoms with Crippen LogP contribution in [0.3, 0.4) is 0 Å². The predicted molar refractivity (Wildman–Crippen MR) is 77.3 cm³/mol. The Kier molecular flexibility index (Phi) is 3.96. The molecule has 3 N–H and O–H groups in total. The lowest BCUT2D eigenvalue weighted by Crippen LogP contribution is -2.17. The molecule has 0 aliphatic carbocycles. The Bertz CT molecular complexity index is 636. The van der Waals surface area contributed by atoms with Gasteiger partial charge in [0, 0.05) is 18.0 Å². The molecule has 7 heteroatoms. The smallest absolute Gasteiger partial charge is 0.218 e. The molecule has 1 heterocycles. The van der Waals surface area contributed by atoms with Gasteiger partial charge < -0.3 is 20.1 Å². The standard InChI is InChI=1S/C12H14N4O2S/c1-3-13-12(19)16-15-10-8-5-4-7(18-2)6-9(8)14-11(10)17/h4-6,14,17H,3H2,1-2H3,(H,13,19). The minimum atomic E-state index is -0.0497. The minimum Gasteiger partial charge on any atom is -0.497 e. The normalized spacial score (nSPS) is 11.1. The summed E-state index contributed by atoms with van der Waals surface area (Å²) in [5.74, 6) is 0.645. The van der Waals surface area contributed by atoms with Crippen LogP contribution in [0.15, 0.2) is 28.4 Å². The van der Waals surface area contributed by atoms with Gasteiger partial charge in [-0.25, -0.2) is 0 Å². The molecule has 2 aromatic rings. The number of nitrogens with one attached hydrogen (secondary N) is 2. The van der Waals surface area contributed by atoms with Crippen LogP contribution in [0.2, 0.25) is 0 Å². The Labute approximate surface area is 115 Å². The molecule has 1 aromatic heterocycles. The number of nitrogens with zero attached hydrogens (tertiary/aromatic N) is 2. The van der Waals surface area contributed by atoms with Crippen molar-refractivity contribution in [3.63, 3.8) is 0 Å². The van der Waals surface area contributed by atoms with Crippen molar-refractivity contribution in [2.45, 2.75) is 6.92 Å². The topological polar surface area (TPSA) is 82.0 Å². The first-order chi connectivity index (χ1) is 9.15. The van der Waals surface area contributed by atoms with Gasteiger partial charge in [-0.1, -0.05) is 0 Å². The molecule has 0 spiro atoms. The summed E-state index contributed by atoms with van der Waals surface area (Å²) >= 11 is 4.95. The van der Waals surface area contributed by atoms with Crippen LogP contribution in [0.5, 0.6) is 11.6 Å². The third kappa shape index (κ3) is 2.82. The zero-order valence-corrected chi connectivity index (χ0v) is 11.4. The SMILES string of the molecule is CCNC(=S)N=Nc1c(O)[nH]c2cc(OC)ccc12. The van der Waals surface area contributed by atoms with Crippen molar-refractivity contribution in [3.05, 3.63) is 18.2 Å². The molecular weight excluding hydrogens is 264 g/mol. The third-order valence-corrected chi connectivity index (χ3v) is 2.75. The average Bonchev–Trinajstić information content (AvgIpc) is 2.71. The molecule has 0 atom stereocenters. The van der Waals surface area contributed by atoms with Crippen LogP contribution >= 0.6 is 12.2 Å². The first-order valence-corrected chi connectivity index (χ1v) is 6.14. The Hall–Kier alpha value is -2.15. The van der Waals surface area contributed by atoms with Crippen LogP contribution in [0.1, 0.15) is 6.92 Å². The molecular formula is C12H14N4O2S. The second kappa shape index (κ2) is 5.66. The zero-order chi connectivity index (χ0) is 13.8. The highest BCUT2D eigenvalue weighted by molar-refractivity contribution is 7.80. The van der Waals surface area contributed by atoms with E-state index in [4.69, 9.17) is 17.0 Å². The molecule has 0 aliphatic heterocycles. The van der Waals surface area contributed by atoms with E-state index in [0.717, 1.165) is 10.9 Å². The number of thiocarbonyl (C=S) groups is 1. The first kappa shape index (κ1) is 13.3. The van der Waals surface area contributed by atoms with Crippen LogP contribution in [-0.4, -0.2) is 28.9 Å². The molecule has 0 unspecified atom stereocenters. The fraction of sp³-hybridized carbons (Fsp3) is 0.250. The highest BCUT2D eigenvalue weighted by Gasteiger charge is 2.11. The number of azo groups is 1. The molecule has 0 bridgehead atoms. The Morgan fingerprint density at radius 3 is 3.00 bits per heavy atom. The third-order valence-electron chi connectivity index (χ3n) is 2.53. The summed E-state index contributed by atoms with van der Waals surface area (Å²) in [6, 6.07) is 5.36. The number of hydrogen-bond acceptors (Lipinski definition) is 4. The van der Waals surface area contributed by atoms with E-state index in [9.17, 15) is 5.11 Å². The summed E-state index contributed by atoms with van der Waals surface area (Å²) in [6.45, 7) is 2.59. The first-order valence-electron chi connectivity index (χ1n) is 5.74. The van der Waals surface area contributed by atoms with Crippen molar-refractivity contribution in [2.24, 2.45) is 10.2 Å². The van der Waals surface area contributed by atoms with E-state index in [-0.39, 0.29) is 11.0 Å². The van der Waals surface area contributed by atoms with Gasteiger partial charge in [0.25, 0.3) is 0 Å². The molecule has 6 nitrogen and oxygen atoms in total. The van der Waals surface area contributed by atoms with Crippen LogP contribution < -0.4 is 10.1 Å². The number of fused-ring (bicyclic) bond motifs is 1. The van der Waals surface area contributed by atoms with E-state index in [1.54, 1.807) is 25.3 Å². The Morgan fingerprint density at radius 2 is 2.32 bits per heavy atom. The lowest BCUT2D eigenvalue weighted by Gasteiger charge is -1.98.